The molecule has 1 aliphatic carbocycles. The van der Waals surface area contributed by atoms with E-state index in [9.17, 15) is 0 Å². The monoisotopic (exact) mass is 587 g/mol. The Morgan fingerprint density at radius 3 is 2.11 bits per heavy atom. The summed E-state index contributed by atoms with van der Waals surface area (Å²) in [6.07, 6.45) is 6.42. The molecule has 0 fully saturated rings. The standard InChI is InChI=1S/C44H29NO/c1-3-14-30(15-4-1)32-18-13-19-33(28-32)43-37-22-7-8-23-38(37)44(46-43)39-27-26-34(29-40(39)31-16-5-2-6-17-31)45-41-24-11-9-20-35(41)36-21-10-12-25-42(36)45/h1-5,7,9-16,18-22,24-29H,8,23H2. The van der Waals surface area contributed by atoms with Crippen molar-refractivity contribution in [2.45, 2.75) is 12.8 Å². The summed E-state index contributed by atoms with van der Waals surface area (Å²) < 4.78 is 9.35. The van der Waals surface area contributed by atoms with E-state index in [2.05, 4.69) is 156 Å². The van der Waals surface area contributed by atoms with E-state index in [4.69, 9.17) is 4.42 Å². The minimum atomic E-state index is 0.916. The molecule has 0 unspecified atom stereocenters. The van der Waals surface area contributed by atoms with Crippen molar-refractivity contribution in [3.05, 3.63) is 169 Å². The Hall–Kier alpha value is -6.04. The summed E-state index contributed by atoms with van der Waals surface area (Å²) in [5, 5.41) is 2.50. The Bertz CT molecular complexity index is 2350. The van der Waals surface area contributed by atoms with Gasteiger partial charge in [0.05, 0.1) is 11.0 Å². The molecule has 6 aromatic carbocycles. The summed E-state index contributed by atoms with van der Waals surface area (Å²) in [5.74, 6) is 1.85. The number of aromatic nitrogens is 1. The predicted molar refractivity (Wildman–Crippen MR) is 190 cm³/mol. The molecule has 0 saturated heterocycles. The normalized spacial score (nSPS) is 12.3. The fourth-order valence-corrected chi connectivity index (χ4v) is 7.04. The third kappa shape index (κ3) is 4.29. The first-order valence-corrected chi connectivity index (χ1v) is 15.8. The molecular formula is C44H29NO. The molecule has 9 rings (SSSR count). The maximum Gasteiger partial charge on any atom is 0.142 e. The Morgan fingerprint density at radius 2 is 1.33 bits per heavy atom. The molecule has 0 aliphatic heterocycles. The number of fused-ring (bicyclic) bond motifs is 4. The highest BCUT2D eigenvalue weighted by molar-refractivity contribution is 6.09. The van der Waals surface area contributed by atoms with Gasteiger partial charge in [-0.05, 0) is 72.5 Å². The Morgan fingerprint density at radius 1 is 0.587 bits per heavy atom. The van der Waals surface area contributed by atoms with Gasteiger partial charge in [0.25, 0.3) is 0 Å². The number of furan rings is 1. The number of nitrogens with zero attached hydrogens (tertiary/aromatic N) is 1. The average molecular weight is 588 g/mol. The van der Waals surface area contributed by atoms with Crippen molar-refractivity contribution < 1.29 is 4.42 Å². The highest BCUT2D eigenvalue weighted by Gasteiger charge is 2.25. The molecule has 0 amide bonds. The van der Waals surface area contributed by atoms with Crippen molar-refractivity contribution in [1.82, 2.24) is 4.57 Å². The van der Waals surface area contributed by atoms with E-state index in [1.165, 1.54) is 44.1 Å². The molecule has 2 nitrogen and oxygen atoms in total. The van der Waals surface area contributed by atoms with E-state index in [1.807, 2.05) is 12.1 Å². The first kappa shape index (κ1) is 26.4. The summed E-state index contributed by atoms with van der Waals surface area (Å²) in [7, 11) is 0. The second-order valence-corrected chi connectivity index (χ2v) is 11.8. The molecule has 1 aliphatic rings. The Kier molecular flexibility index (Phi) is 6.21. The molecule has 8 aromatic rings. The van der Waals surface area contributed by atoms with Crippen LogP contribution in [0.15, 0.2) is 150 Å². The van der Waals surface area contributed by atoms with Crippen molar-refractivity contribution in [2.75, 3.05) is 0 Å². The van der Waals surface area contributed by atoms with Crippen LogP contribution in [0.5, 0.6) is 0 Å². The van der Waals surface area contributed by atoms with E-state index in [-0.39, 0.29) is 0 Å². The third-order valence-electron chi connectivity index (χ3n) is 9.15. The predicted octanol–water partition coefficient (Wildman–Crippen LogP) is 11.6. The lowest BCUT2D eigenvalue weighted by Crippen LogP contribution is -1.97. The van der Waals surface area contributed by atoms with E-state index < -0.39 is 0 Å². The van der Waals surface area contributed by atoms with Crippen LogP contribution in [0.3, 0.4) is 0 Å². The lowest BCUT2D eigenvalue weighted by Gasteiger charge is -2.14. The van der Waals surface area contributed by atoms with Crippen LogP contribution in [0, 0.1) is 12.1 Å². The molecule has 2 aromatic heterocycles. The summed E-state index contributed by atoms with van der Waals surface area (Å²) in [4.78, 5) is 0. The third-order valence-corrected chi connectivity index (χ3v) is 9.15. The van der Waals surface area contributed by atoms with Crippen LogP contribution in [-0.2, 0) is 6.42 Å². The van der Waals surface area contributed by atoms with Gasteiger partial charge in [-0.1, -0.05) is 115 Å². The average Bonchev–Trinajstić information content (AvgIpc) is 3.69. The van der Waals surface area contributed by atoms with Gasteiger partial charge in [-0.25, -0.2) is 0 Å². The first-order valence-electron chi connectivity index (χ1n) is 15.8. The van der Waals surface area contributed by atoms with Crippen LogP contribution in [0.4, 0.5) is 0 Å². The van der Waals surface area contributed by atoms with Crippen molar-refractivity contribution in [1.29, 1.82) is 0 Å². The summed E-state index contributed by atoms with van der Waals surface area (Å²) >= 11 is 0. The smallest absolute Gasteiger partial charge is 0.142 e. The molecule has 0 saturated carbocycles. The SMILES string of the molecule is c1cccc(-c2cc(-n3c4ccccc4c4ccccc43)ccc2-c2oc(-c3cccc(-c4ccccc4)c3)c3c2CCC=C3)c#1. The summed E-state index contributed by atoms with van der Waals surface area (Å²) in [5.41, 5.74) is 12.5. The molecule has 2 heteroatoms. The van der Waals surface area contributed by atoms with E-state index in [1.54, 1.807) is 0 Å². The molecule has 216 valence electrons. The minimum Gasteiger partial charge on any atom is -0.455 e. The summed E-state index contributed by atoms with van der Waals surface area (Å²) in [6.45, 7) is 0. The van der Waals surface area contributed by atoms with Crippen molar-refractivity contribution in [2.24, 2.45) is 0 Å². The molecule has 0 radical (unpaired) electrons. The molecule has 2 heterocycles. The first-order chi connectivity index (χ1) is 22.8. The van der Waals surface area contributed by atoms with Gasteiger partial charge in [-0.3, -0.25) is 0 Å². The van der Waals surface area contributed by atoms with Crippen LogP contribution in [0.25, 0.3) is 78.5 Å². The number of rotatable bonds is 5. The Balaban J connectivity index is 1.26. The van der Waals surface area contributed by atoms with Crippen LogP contribution in [0.2, 0.25) is 0 Å². The largest absolute Gasteiger partial charge is 0.455 e. The van der Waals surface area contributed by atoms with Crippen molar-refractivity contribution in [3.63, 3.8) is 0 Å². The maximum absolute atomic E-state index is 6.98. The maximum atomic E-state index is 6.98. The van der Waals surface area contributed by atoms with Gasteiger partial charge in [0.1, 0.15) is 11.5 Å². The van der Waals surface area contributed by atoms with Gasteiger partial charge < -0.3 is 8.98 Å². The van der Waals surface area contributed by atoms with E-state index in [0.717, 1.165) is 52.3 Å². The lowest BCUT2D eigenvalue weighted by molar-refractivity contribution is 0.594. The van der Waals surface area contributed by atoms with Crippen LogP contribution in [0.1, 0.15) is 17.5 Å². The number of hydrogen-bond donors (Lipinski definition) is 0. The van der Waals surface area contributed by atoms with Gasteiger partial charge in [0.15, 0.2) is 0 Å². The Labute approximate surface area is 268 Å². The van der Waals surface area contributed by atoms with Gasteiger partial charge in [-0.15, -0.1) is 0 Å². The second kappa shape index (κ2) is 10.8. The highest BCUT2D eigenvalue weighted by atomic mass is 16.3. The minimum absolute atomic E-state index is 0.916. The zero-order chi connectivity index (χ0) is 30.5. The van der Waals surface area contributed by atoms with Gasteiger partial charge in [0.2, 0.25) is 0 Å². The number of allylic oxidation sites excluding steroid dienone is 1. The number of para-hydroxylation sites is 2. The van der Waals surface area contributed by atoms with Crippen LogP contribution in [-0.4, -0.2) is 4.57 Å². The fourth-order valence-electron chi connectivity index (χ4n) is 7.04. The van der Waals surface area contributed by atoms with Gasteiger partial charge in [0, 0.05) is 49.8 Å². The number of hydrogen-bond acceptors (Lipinski definition) is 1. The molecule has 0 N–H and O–H groups in total. The van der Waals surface area contributed by atoms with E-state index >= 15 is 0 Å². The number of benzene rings is 5. The molecule has 0 spiro atoms. The molecule has 0 atom stereocenters. The lowest BCUT2D eigenvalue weighted by atomic mass is 9.91. The van der Waals surface area contributed by atoms with Crippen molar-refractivity contribution in [3.8, 4) is 50.6 Å². The topological polar surface area (TPSA) is 18.1 Å². The highest BCUT2D eigenvalue weighted by Crippen LogP contribution is 2.45. The van der Waals surface area contributed by atoms with E-state index in [0.29, 0.717) is 0 Å². The van der Waals surface area contributed by atoms with Crippen molar-refractivity contribution >= 4 is 27.9 Å². The molecule has 46 heavy (non-hydrogen) atoms. The van der Waals surface area contributed by atoms with Crippen LogP contribution < -0.4 is 0 Å². The quantitative estimate of drug-likeness (QED) is 0.196. The second-order valence-electron chi connectivity index (χ2n) is 11.8. The van der Waals surface area contributed by atoms with Gasteiger partial charge >= 0.3 is 0 Å². The van der Waals surface area contributed by atoms with Crippen LogP contribution >= 0.6 is 0 Å². The molecular weight excluding hydrogens is 558 g/mol. The molecule has 0 bridgehead atoms. The zero-order valence-corrected chi connectivity index (χ0v) is 25.2. The van der Waals surface area contributed by atoms with Gasteiger partial charge in [-0.2, -0.15) is 0 Å². The zero-order valence-electron chi connectivity index (χ0n) is 25.2. The fraction of sp³-hybridized carbons (Fsp3) is 0.0455. The summed E-state index contributed by atoms with van der Waals surface area (Å²) in [6, 6.07) is 55.9.